The molecule has 1 aromatic carbocycles. The number of ether oxygens (including phenoxy) is 1. The molecule has 142 valence electrons. The topological polar surface area (TPSA) is 109 Å². The Kier molecular flexibility index (Phi) is 5.75. The maximum atomic E-state index is 12.4. The highest BCUT2D eigenvalue weighted by Crippen LogP contribution is 2.17. The third-order valence-electron chi connectivity index (χ3n) is 4.34. The van der Waals surface area contributed by atoms with Crippen LogP contribution < -0.4 is 10.1 Å². The van der Waals surface area contributed by atoms with E-state index in [1.807, 2.05) is 0 Å². The summed E-state index contributed by atoms with van der Waals surface area (Å²) in [5.41, 5.74) is 0.922. The fraction of sp³-hybridized carbons (Fsp3) is 0.316. The SMILES string of the molecule is O=C(O)COc1cccc(C(=O)NC2CCN(C(=O)c3ccoc3)CC2)c1. The van der Waals surface area contributed by atoms with Gasteiger partial charge in [0, 0.05) is 24.7 Å². The van der Waals surface area contributed by atoms with Gasteiger partial charge >= 0.3 is 5.97 Å². The number of nitrogens with one attached hydrogen (secondary N) is 1. The first-order valence-electron chi connectivity index (χ1n) is 8.60. The van der Waals surface area contributed by atoms with Gasteiger partial charge in [-0.05, 0) is 37.1 Å². The zero-order valence-corrected chi connectivity index (χ0v) is 14.6. The molecule has 1 aromatic heterocycles. The molecule has 0 atom stereocenters. The number of furan rings is 1. The second-order valence-electron chi connectivity index (χ2n) is 6.26. The highest BCUT2D eigenvalue weighted by Gasteiger charge is 2.25. The van der Waals surface area contributed by atoms with Crippen LogP contribution in [0, 0.1) is 0 Å². The highest BCUT2D eigenvalue weighted by atomic mass is 16.5. The first kappa shape index (κ1) is 18.5. The third kappa shape index (κ3) is 4.87. The Hall–Kier alpha value is -3.29. The van der Waals surface area contributed by atoms with Crippen molar-refractivity contribution >= 4 is 17.8 Å². The lowest BCUT2D eigenvalue weighted by molar-refractivity contribution is -0.139. The molecular weight excluding hydrogens is 352 g/mol. The number of benzene rings is 1. The summed E-state index contributed by atoms with van der Waals surface area (Å²) in [6.07, 6.45) is 4.21. The number of carbonyl (C=O) groups excluding carboxylic acids is 2. The van der Waals surface area contributed by atoms with Crippen molar-refractivity contribution < 1.29 is 28.6 Å². The van der Waals surface area contributed by atoms with E-state index in [0.29, 0.717) is 42.8 Å². The van der Waals surface area contributed by atoms with E-state index in [-0.39, 0.29) is 17.9 Å². The summed E-state index contributed by atoms with van der Waals surface area (Å²) in [7, 11) is 0. The molecule has 2 N–H and O–H groups in total. The number of hydrogen-bond acceptors (Lipinski definition) is 5. The van der Waals surface area contributed by atoms with Crippen molar-refractivity contribution in [3.05, 3.63) is 54.0 Å². The van der Waals surface area contributed by atoms with Crippen LogP contribution in [-0.4, -0.2) is 53.5 Å². The Morgan fingerprint density at radius 2 is 1.96 bits per heavy atom. The summed E-state index contributed by atoms with van der Waals surface area (Å²) in [4.78, 5) is 37.0. The molecule has 0 bridgehead atoms. The Morgan fingerprint density at radius 1 is 1.19 bits per heavy atom. The quantitative estimate of drug-likeness (QED) is 0.800. The second-order valence-corrected chi connectivity index (χ2v) is 6.26. The Balaban J connectivity index is 1.51. The van der Waals surface area contributed by atoms with Crippen LogP contribution in [0.15, 0.2) is 47.3 Å². The van der Waals surface area contributed by atoms with E-state index < -0.39 is 12.6 Å². The number of carboxylic acids is 1. The lowest BCUT2D eigenvalue weighted by Gasteiger charge is -2.32. The molecule has 0 unspecified atom stereocenters. The number of likely N-dealkylation sites (tertiary alicyclic amines) is 1. The molecule has 1 aliphatic rings. The van der Waals surface area contributed by atoms with Gasteiger partial charge in [0.1, 0.15) is 12.0 Å². The number of aliphatic carboxylic acids is 1. The van der Waals surface area contributed by atoms with E-state index in [9.17, 15) is 14.4 Å². The second kappa shape index (κ2) is 8.39. The lowest BCUT2D eigenvalue weighted by atomic mass is 10.0. The van der Waals surface area contributed by atoms with Crippen LogP contribution in [0.4, 0.5) is 0 Å². The summed E-state index contributed by atoms with van der Waals surface area (Å²) >= 11 is 0. The van der Waals surface area contributed by atoms with E-state index in [1.165, 1.54) is 18.6 Å². The predicted octanol–water partition coefficient (Wildman–Crippen LogP) is 1.78. The van der Waals surface area contributed by atoms with Gasteiger partial charge in [-0.2, -0.15) is 0 Å². The lowest BCUT2D eigenvalue weighted by Crippen LogP contribution is -2.46. The van der Waals surface area contributed by atoms with Gasteiger partial charge in [-0.1, -0.05) is 6.07 Å². The van der Waals surface area contributed by atoms with Crippen LogP contribution in [0.3, 0.4) is 0 Å². The zero-order chi connectivity index (χ0) is 19.2. The highest BCUT2D eigenvalue weighted by molar-refractivity contribution is 5.95. The zero-order valence-electron chi connectivity index (χ0n) is 14.6. The average Bonchev–Trinajstić information content (AvgIpc) is 3.21. The average molecular weight is 372 g/mol. The van der Waals surface area contributed by atoms with Crippen LogP contribution in [0.25, 0.3) is 0 Å². The van der Waals surface area contributed by atoms with Gasteiger partial charge in [-0.25, -0.2) is 4.79 Å². The molecule has 8 heteroatoms. The molecule has 0 spiro atoms. The fourth-order valence-corrected chi connectivity index (χ4v) is 2.94. The van der Waals surface area contributed by atoms with Gasteiger partial charge in [0.25, 0.3) is 11.8 Å². The molecule has 0 radical (unpaired) electrons. The van der Waals surface area contributed by atoms with Gasteiger partial charge in [0.15, 0.2) is 6.61 Å². The number of piperidine rings is 1. The molecule has 1 saturated heterocycles. The van der Waals surface area contributed by atoms with Crippen molar-refractivity contribution in [2.45, 2.75) is 18.9 Å². The molecule has 8 nitrogen and oxygen atoms in total. The summed E-state index contributed by atoms with van der Waals surface area (Å²) < 4.78 is 10.0. The number of rotatable bonds is 6. The molecule has 1 fully saturated rings. The number of carboxylic acid groups (broad SMARTS) is 1. The maximum Gasteiger partial charge on any atom is 0.341 e. The van der Waals surface area contributed by atoms with Crippen LogP contribution in [0.5, 0.6) is 5.75 Å². The number of carbonyl (C=O) groups is 3. The Bertz CT molecular complexity index is 809. The monoisotopic (exact) mass is 372 g/mol. The van der Waals surface area contributed by atoms with Crippen LogP contribution in [0.2, 0.25) is 0 Å². The first-order valence-corrected chi connectivity index (χ1v) is 8.60. The molecule has 2 aromatic rings. The smallest absolute Gasteiger partial charge is 0.341 e. The normalized spacial score (nSPS) is 14.6. The van der Waals surface area contributed by atoms with Crippen LogP contribution >= 0.6 is 0 Å². The number of nitrogens with zero attached hydrogens (tertiary/aromatic N) is 1. The van der Waals surface area contributed by atoms with Crippen molar-refractivity contribution in [1.82, 2.24) is 10.2 Å². The first-order chi connectivity index (χ1) is 13.0. The van der Waals surface area contributed by atoms with Crippen molar-refractivity contribution in [3.8, 4) is 5.75 Å². The molecule has 27 heavy (non-hydrogen) atoms. The molecule has 0 saturated carbocycles. The van der Waals surface area contributed by atoms with Gasteiger partial charge in [0.2, 0.25) is 0 Å². The Morgan fingerprint density at radius 3 is 2.63 bits per heavy atom. The third-order valence-corrected chi connectivity index (χ3v) is 4.34. The largest absolute Gasteiger partial charge is 0.482 e. The van der Waals surface area contributed by atoms with Crippen molar-refractivity contribution in [1.29, 1.82) is 0 Å². The van der Waals surface area contributed by atoms with Gasteiger partial charge in [-0.15, -0.1) is 0 Å². The number of amides is 2. The summed E-state index contributed by atoms with van der Waals surface area (Å²) in [6, 6.07) is 7.98. The molecule has 1 aliphatic heterocycles. The van der Waals surface area contributed by atoms with E-state index in [4.69, 9.17) is 14.3 Å². The van der Waals surface area contributed by atoms with Crippen molar-refractivity contribution in [2.24, 2.45) is 0 Å². The van der Waals surface area contributed by atoms with E-state index >= 15 is 0 Å². The molecule has 0 aliphatic carbocycles. The minimum atomic E-state index is -1.08. The summed E-state index contributed by atoms with van der Waals surface area (Å²) in [5.74, 6) is -1.08. The fourth-order valence-electron chi connectivity index (χ4n) is 2.94. The predicted molar refractivity (Wildman–Crippen MR) is 94.7 cm³/mol. The van der Waals surface area contributed by atoms with Crippen LogP contribution in [-0.2, 0) is 4.79 Å². The summed E-state index contributed by atoms with van der Waals surface area (Å²) in [5, 5.41) is 11.6. The summed E-state index contributed by atoms with van der Waals surface area (Å²) in [6.45, 7) is 0.641. The standard InChI is InChI=1S/C19H20N2O6/c22-17(23)12-27-16-3-1-2-13(10-16)18(24)20-15-4-7-21(8-5-15)19(25)14-6-9-26-11-14/h1-3,6,9-11,15H,4-5,7-8,12H2,(H,20,24)(H,22,23). The number of hydrogen-bond donors (Lipinski definition) is 2. The van der Waals surface area contributed by atoms with Gasteiger partial charge < -0.3 is 24.5 Å². The van der Waals surface area contributed by atoms with E-state index in [0.717, 1.165) is 0 Å². The van der Waals surface area contributed by atoms with E-state index in [1.54, 1.807) is 29.2 Å². The van der Waals surface area contributed by atoms with Gasteiger partial charge in [0.05, 0.1) is 11.8 Å². The minimum Gasteiger partial charge on any atom is -0.482 e. The van der Waals surface area contributed by atoms with Gasteiger partial charge in [-0.3, -0.25) is 9.59 Å². The molecule has 2 amide bonds. The molecule has 3 rings (SSSR count). The Labute approximate surface area is 155 Å². The van der Waals surface area contributed by atoms with Crippen molar-refractivity contribution in [3.63, 3.8) is 0 Å². The van der Waals surface area contributed by atoms with Crippen molar-refractivity contribution in [2.75, 3.05) is 19.7 Å². The minimum absolute atomic E-state index is 0.0329. The van der Waals surface area contributed by atoms with Crippen LogP contribution in [0.1, 0.15) is 33.6 Å². The van der Waals surface area contributed by atoms with E-state index in [2.05, 4.69) is 5.32 Å². The molecular formula is C19H20N2O6. The maximum absolute atomic E-state index is 12.4. The molecule has 2 heterocycles.